The molecule has 4 nitrogen and oxygen atoms in total. The summed E-state index contributed by atoms with van der Waals surface area (Å²) in [6.07, 6.45) is 0. The van der Waals surface area contributed by atoms with Gasteiger partial charge in [-0.15, -0.1) is 0 Å². The van der Waals surface area contributed by atoms with Crippen LogP contribution in [0.3, 0.4) is 0 Å². The number of halogens is 2. The maximum absolute atomic E-state index is 13.7. The lowest BCUT2D eigenvalue weighted by atomic mass is 10.0. The van der Waals surface area contributed by atoms with Gasteiger partial charge >= 0.3 is 0 Å². The van der Waals surface area contributed by atoms with E-state index in [9.17, 15) is 13.6 Å². The summed E-state index contributed by atoms with van der Waals surface area (Å²) >= 11 is 0. The van der Waals surface area contributed by atoms with Crippen molar-refractivity contribution in [2.45, 2.75) is 6.54 Å². The highest BCUT2D eigenvalue weighted by molar-refractivity contribution is 5.98. The second-order valence-electron chi connectivity index (χ2n) is 6.11. The topological polar surface area (TPSA) is 57.8 Å². The van der Waals surface area contributed by atoms with Crippen LogP contribution in [0.25, 0.3) is 22.0 Å². The number of hydrogen-bond acceptors (Lipinski definition) is 2. The minimum atomic E-state index is -0.698. The number of aromatic nitrogens is 2. The molecule has 0 saturated heterocycles. The second-order valence-corrected chi connectivity index (χ2v) is 6.11. The Balaban J connectivity index is 1.54. The zero-order chi connectivity index (χ0) is 18.8. The molecule has 0 atom stereocenters. The van der Waals surface area contributed by atoms with Crippen LogP contribution >= 0.6 is 0 Å². The third kappa shape index (κ3) is 3.42. The van der Waals surface area contributed by atoms with E-state index in [1.54, 1.807) is 6.07 Å². The maximum atomic E-state index is 13.7. The van der Waals surface area contributed by atoms with E-state index in [-0.39, 0.29) is 17.8 Å². The normalized spacial score (nSPS) is 10.9. The Morgan fingerprint density at radius 1 is 1.00 bits per heavy atom. The van der Waals surface area contributed by atoms with Gasteiger partial charge in [-0.3, -0.25) is 9.89 Å². The molecule has 0 bridgehead atoms. The average molecular weight is 363 g/mol. The third-order valence-electron chi connectivity index (χ3n) is 4.34. The minimum absolute atomic E-state index is 0.0480. The Morgan fingerprint density at radius 3 is 2.67 bits per heavy atom. The molecule has 0 aliphatic carbocycles. The lowest BCUT2D eigenvalue weighted by molar-refractivity contribution is 0.0945. The van der Waals surface area contributed by atoms with Gasteiger partial charge in [0.2, 0.25) is 0 Å². The number of rotatable bonds is 4. The van der Waals surface area contributed by atoms with Crippen LogP contribution in [-0.2, 0) is 6.54 Å². The van der Waals surface area contributed by atoms with E-state index in [2.05, 4.69) is 15.5 Å². The number of fused-ring (bicyclic) bond motifs is 1. The molecule has 1 amide bonds. The Hall–Kier alpha value is -3.54. The Kier molecular flexibility index (Phi) is 4.38. The van der Waals surface area contributed by atoms with Crippen molar-refractivity contribution < 1.29 is 13.6 Å². The van der Waals surface area contributed by atoms with Gasteiger partial charge in [-0.2, -0.15) is 5.10 Å². The van der Waals surface area contributed by atoms with Gasteiger partial charge in [-0.05, 0) is 22.9 Å². The van der Waals surface area contributed by atoms with Gasteiger partial charge in [0.05, 0.1) is 5.69 Å². The minimum Gasteiger partial charge on any atom is -0.347 e. The number of amides is 1. The molecule has 0 unspecified atom stereocenters. The highest BCUT2D eigenvalue weighted by Gasteiger charge is 2.13. The monoisotopic (exact) mass is 363 g/mol. The summed E-state index contributed by atoms with van der Waals surface area (Å²) in [6.45, 7) is -0.0480. The third-order valence-corrected chi connectivity index (χ3v) is 4.34. The van der Waals surface area contributed by atoms with Crippen LogP contribution in [0.1, 0.15) is 16.1 Å². The predicted octanol–water partition coefficient (Wildman–Crippen LogP) is 4.44. The van der Waals surface area contributed by atoms with E-state index in [0.29, 0.717) is 5.69 Å². The summed E-state index contributed by atoms with van der Waals surface area (Å²) < 4.78 is 26.6. The lowest BCUT2D eigenvalue weighted by Crippen LogP contribution is -2.23. The van der Waals surface area contributed by atoms with Crippen LogP contribution < -0.4 is 5.32 Å². The van der Waals surface area contributed by atoms with Crippen molar-refractivity contribution in [1.82, 2.24) is 15.5 Å². The summed E-state index contributed by atoms with van der Waals surface area (Å²) in [5, 5.41) is 11.7. The number of carbonyl (C=O) groups is 1. The fourth-order valence-corrected chi connectivity index (χ4v) is 2.96. The Labute approximate surface area is 153 Å². The van der Waals surface area contributed by atoms with Gasteiger partial charge in [-0.25, -0.2) is 8.78 Å². The van der Waals surface area contributed by atoms with Gasteiger partial charge in [0, 0.05) is 23.7 Å². The summed E-state index contributed by atoms with van der Waals surface area (Å²) in [5.74, 6) is -1.77. The molecule has 27 heavy (non-hydrogen) atoms. The summed E-state index contributed by atoms with van der Waals surface area (Å²) in [7, 11) is 0. The van der Waals surface area contributed by atoms with Crippen LogP contribution in [0.15, 0.2) is 66.7 Å². The molecule has 4 rings (SSSR count). The fourth-order valence-electron chi connectivity index (χ4n) is 2.96. The molecule has 134 valence electrons. The zero-order valence-electron chi connectivity index (χ0n) is 14.2. The molecule has 4 aromatic rings. The summed E-state index contributed by atoms with van der Waals surface area (Å²) in [4.78, 5) is 12.3. The van der Waals surface area contributed by atoms with Crippen molar-refractivity contribution >= 4 is 16.7 Å². The highest BCUT2D eigenvalue weighted by Crippen LogP contribution is 2.27. The van der Waals surface area contributed by atoms with Crippen molar-refractivity contribution in [2.75, 3.05) is 0 Å². The van der Waals surface area contributed by atoms with Crippen molar-refractivity contribution in [2.24, 2.45) is 0 Å². The van der Waals surface area contributed by atoms with E-state index in [4.69, 9.17) is 0 Å². The van der Waals surface area contributed by atoms with Crippen molar-refractivity contribution in [3.63, 3.8) is 0 Å². The van der Waals surface area contributed by atoms with Gasteiger partial charge in [-0.1, -0.05) is 48.5 Å². The number of H-pyrrole nitrogens is 1. The van der Waals surface area contributed by atoms with E-state index in [1.807, 2.05) is 42.5 Å². The fraction of sp³-hybridized carbons (Fsp3) is 0.0476. The number of nitrogens with one attached hydrogen (secondary N) is 2. The van der Waals surface area contributed by atoms with Gasteiger partial charge in [0.25, 0.3) is 5.91 Å². The summed E-state index contributed by atoms with van der Waals surface area (Å²) in [5.41, 5.74) is 2.02. The molecule has 0 radical (unpaired) electrons. The number of aromatic amines is 1. The van der Waals surface area contributed by atoms with Crippen molar-refractivity contribution in [1.29, 1.82) is 0 Å². The molecular weight excluding hydrogens is 348 g/mol. The van der Waals surface area contributed by atoms with E-state index in [1.165, 1.54) is 6.07 Å². The van der Waals surface area contributed by atoms with Crippen LogP contribution in [0.5, 0.6) is 0 Å². The molecule has 3 aromatic carbocycles. The van der Waals surface area contributed by atoms with Crippen molar-refractivity contribution in [3.05, 3.63) is 89.6 Å². The molecule has 0 aliphatic heterocycles. The SMILES string of the molecule is O=C(NCc1ccc(F)cc1F)c1cc(-c2cccc3ccccc23)n[nH]1. The maximum Gasteiger partial charge on any atom is 0.269 e. The van der Waals surface area contributed by atoms with Crippen LogP contribution in [0, 0.1) is 11.6 Å². The van der Waals surface area contributed by atoms with E-state index in [0.717, 1.165) is 28.5 Å². The molecule has 1 aromatic heterocycles. The van der Waals surface area contributed by atoms with Crippen LogP contribution in [0.4, 0.5) is 8.78 Å². The van der Waals surface area contributed by atoms with Crippen LogP contribution in [0.2, 0.25) is 0 Å². The number of hydrogen-bond donors (Lipinski definition) is 2. The largest absolute Gasteiger partial charge is 0.347 e. The smallest absolute Gasteiger partial charge is 0.269 e. The first-order valence-corrected chi connectivity index (χ1v) is 8.37. The molecule has 0 fully saturated rings. The van der Waals surface area contributed by atoms with E-state index < -0.39 is 17.5 Å². The number of nitrogens with zero attached hydrogens (tertiary/aromatic N) is 1. The van der Waals surface area contributed by atoms with Gasteiger partial charge in [0.15, 0.2) is 0 Å². The van der Waals surface area contributed by atoms with Crippen molar-refractivity contribution in [3.8, 4) is 11.3 Å². The first-order chi connectivity index (χ1) is 13.1. The summed E-state index contributed by atoms with van der Waals surface area (Å²) in [6, 6.07) is 18.7. The Bertz CT molecular complexity index is 1130. The molecular formula is C21H15F2N3O. The first kappa shape index (κ1) is 16.9. The average Bonchev–Trinajstić information content (AvgIpc) is 3.17. The molecule has 1 heterocycles. The second kappa shape index (κ2) is 6.99. The lowest BCUT2D eigenvalue weighted by Gasteiger charge is -2.05. The number of benzene rings is 3. The molecule has 0 saturated carbocycles. The van der Waals surface area contributed by atoms with Crippen LogP contribution in [-0.4, -0.2) is 16.1 Å². The zero-order valence-corrected chi connectivity index (χ0v) is 14.2. The van der Waals surface area contributed by atoms with E-state index >= 15 is 0 Å². The molecule has 2 N–H and O–H groups in total. The van der Waals surface area contributed by atoms with Gasteiger partial charge < -0.3 is 5.32 Å². The molecule has 0 aliphatic rings. The quantitative estimate of drug-likeness (QED) is 0.563. The number of carbonyl (C=O) groups excluding carboxylic acids is 1. The first-order valence-electron chi connectivity index (χ1n) is 8.37. The molecule has 6 heteroatoms. The standard InChI is InChI=1S/C21H15F2N3O/c22-15-9-8-14(18(23)10-15)12-24-21(27)20-11-19(25-26-20)17-7-3-5-13-4-1-2-6-16(13)17/h1-11H,12H2,(H,24,27)(H,25,26). The highest BCUT2D eigenvalue weighted by atomic mass is 19.1. The predicted molar refractivity (Wildman–Crippen MR) is 99.1 cm³/mol. The van der Waals surface area contributed by atoms with Gasteiger partial charge in [0.1, 0.15) is 17.3 Å². The molecule has 0 spiro atoms. The Morgan fingerprint density at radius 2 is 1.81 bits per heavy atom.